The normalized spacial score (nSPS) is 12.3. The van der Waals surface area contributed by atoms with E-state index in [0.717, 1.165) is 0 Å². The van der Waals surface area contributed by atoms with Crippen molar-refractivity contribution >= 4 is 31.4 Å². The highest BCUT2D eigenvalue weighted by molar-refractivity contribution is 7.89. The molecule has 0 bridgehead atoms. The molecular formula is C9H16N4O4S2. The average Bonchev–Trinajstić information content (AvgIpc) is 2.29. The minimum atomic E-state index is -3.69. The van der Waals surface area contributed by atoms with Crippen LogP contribution in [0.15, 0.2) is 23.1 Å². The fraction of sp³-hybridized carbons (Fsp3) is 0.333. The summed E-state index contributed by atoms with van der Waals surface area (Å²) in [7, 11) is -6.03. The topological polar surface area (TPSA) is 144 Å². The van der Waals surface area contributed by atoms with E-state index < -0.39 is 20.0 Å². The van der Waals surface area contributed by atoms with E-state index in [1.165, 1.54) is 25.2 Å². The molecule has 10 heteroatoms. The van der Waals surface area contributed by atoms with Crippen molar-refractivity contribution < 1.29 is 16.8 Å². The van der Waals surface area contributed by atoms with Crippen molar-refractivity contribution in [1.82, 2.24) is 4.72 Å². The van der Waals surface area contributed by atoms with E-state index in [2.05, 4.69) is 10.0 Å². The largest absolute Gasteiger partial charge is 0.399 e. The van der Waals surface area contributed by atoms with Crippen molar-refractivity contribution in [3.8, 4) is 0 Å². The molecular weight excluding hydrogens is 292 g/mol. The molecule has 8 nitrogen and oxygen atoms in total. The van der Waals surface area contributed by atoms with Crippen molar-refractivity contribution in [2.45, 2.75) is 4.90 Å². The Kier molecular flexibility index (Phi) is 4.74. The number of rotatable bonds is 6. The van der Waals surface area contributed by atoms with Gasteiger partial charge in [0.1, 0.15) is 4.90 Å². The summed E-state index contributed by atoms with van der Waals surface area (Å²) in [5.41, 5.74) is 6.08. The summed E-state index contributed by atoms with van der Waals surface area (Å²) in [6, 6.07) is 4.25. The molecule has 1 aromatic rings. The second-order valence-electron chi connectivity index (χ2n) is 3.76. The fourth-order valence-electron chi connectivity index (χ4n) is 1.35. The highest BCUT2D eigenvalue weighted by atomic mass is 32.2. The van der Waals surface area contributed by atoms with E-state index in [0.29, 0.717) is 0 Å². The third-order valence-electron chi connectivity index (χ3n) is 2.27. The molecule has 0 saturated heterocycles. The smallest absolute Gasteiger partial charge is 0.242 e. The summed E-state index contributed by atoms with van der Waals surface area (Å²) in [5.74, 6) is -0.309. The third kappa shape index (κ3) is 4.67. The summed E-state index contributed by atoms with van der Waals surface area (Å²) in [6.45, 7) is -0.00497. The van der Waals surface area contributed by atoms with Crippen LogP contribution < -0.4 is 20.9 Å². The standard InChI is InChI=1S/C9H16N4O4S2/c1-12-19(16,17)9-6-7(10)2-3-8(9)13-4-5-18(11,14)15/h2-3,6,12-13H,4-5,10H2,1H3,(H2,11,14,15). The highest BCUT2D eigenvalue weighted by Gasteiger charge is 2.17. The maximum absolute atomic E-state index is 11.8. The van der Waals surface area contributed by atoms with Gasteiger partial charge in [-0.05, 0) is 25.2 Å². The first-order valence-electron chi connectivity index (χ1n) is 5.23. The molecule has 0 aliphatic heterocycles. The molecule has 0 fully saturated rings. The Balaban J connectivity index is 3.02. The Labute approximate surface area is 112 Å². The third-order valence-corrected chi connectivity index (χ3v) is 4.49. The lowest BCUT2D eigenvalue weighted by Gasteiger charge is -2.12. The minimum Gasteiger partial charge on any atom is -0.399 e. The van der Waals surface area contributed by atoms with Gasteiger partial charge >= 0.3 is 0 Å². The Morgan fingerprint density at radius 3 is 2.37 bits per heavy atom. The van der Waals surface area contributed by atoms with Crippen LogP contribution in [0.4, 0.5) is 11.4 Å². The Morgan fingerprint density at radius 2 is 1.84 bits per heavy atom. The number of sulfonamides is 2. The van der Waals surface area contributed by atoms with Gasteiger partial charge in [0.15, 0.2) is 0 Å². The molecule has 0 atom stereocenters. The molecule has 0 aliphatic rings. The number of anilines is 2. The van der Waals surface area contributed by atoms with E-state index >= 15 is 0 Å². The fourth-order valence-corrected chi connectivity index (χ4v) is 2.67. The monoisotopic (exact) mass is 308 g/mol. The van der Waals surface area contributed by atoms with Gasteiger partial charge in [-0.25, -0.2) is 26.7 Å². The summed E-state index contributed by atoms with van der Waals surface area (Å²) in [4.78, 5) is -0.0515. The summed E-state index contributed by atoms with van der Waals surface area (Å²) >= 11 is 0. The first-order valence-corrected chi connectivity index (χ1v) is 8.43. The van der Waals surface area contributed by atoms with Crippen LogP contribution in [0.2, 0.25) is 0 Å². The van der Waals surface area contributed by atoms with Crippen LogP contribution in [-0.4, -0.2) is 36.2 Å². The summed E-state index contributed by atoms with van der Waals surface area (Å²) in [5, 5.41) is 7.56. The molecule has 0 saturated carbocycles. The zero-order chi connectivity index (χ0) is 14.7. The number of nitrogens with one attached hydrogen (secondary N) is 2. The molecule has 108 valence electrons. The Bertz CT molecular complexity index is 655. The average molecular weight is 308 g/mol. The van der Waals surface area contributed by atoms with Gasteiger partial charge in [-0.15, -0.1) is 0 Å². The van der Waals surface area contributed by atoms with Crippen molar-refractivity contribution in [1.29, 1.82) is 0 Å². The molecule has 0 heterocycles. The van der Waals surface area contributed by atoms with Gasteiger partial charge in [0.2, 0.25) is 20.0 Å². The lowest BCUT2D eigenvalue weighted by atomic mass is 10.3. The van der Waals surface area contributed by atoms with Gasteiger partial charge in [-0.1, -0.05) is 0 Å². The predicted octanol–water partition coefficient (Wildman–Crippen LogP) is -1.12. The molecule has 1 rings (SSSR count). The summed E-state index contributed by atoms with van der Waals surface area (Å²) < 4.78 is 47.3. The van der Waals surface area contributed by atoms with Crippen LogP contribution in [0.1, 0.15) is 0 Å². The zero-order valence-corrected chi connectivity index (χ0v) is 11.9. The SMILES string of the molecule is CNS(=O)(=O)c1cc(N)ccc1NCCS(N)(=O)=O. The first kappa shape index (κ1) is 15.7. The van der Waals surface area contributed by atoms with Crippen LogP contribution in [0, 0.1) is 0 Å². The van der Waals surface area contributed by atoms with Crippen LogP contribution >= 0.6 is 0 Å². The molecule has 0 amide bonds. The van der Waals surface area contributed by atoms with Crippen molar-refractivity contribution in [3.63, 3.8) is 0 Å². The Morgan fingerprint density at radius 1 is 1.21 bits per heavy atom. The highest BCUT2D eigenvalue weighted by Crippen LogP contribution is 2.23. The Hall–Kier alpha value is -1.36. The molecule has 0 aromatic heterocycles. The lowest BCUT2D eigenvalue weighted by Crippen LogP contribution is -2.24. The quantitative estimate of drug-likeness (QED) is 0.490. The number of hydrogen-bond donors (Lipinski definition) is 4. The van der Waals surface area contributed by atoms with Crippen molar-refractivity contribution in [2.75, 3.05) is 30.4 Å². The molecule has 0 radical (unpaired) electrons. The molecule has 19 heavy (non-hydrogen) atoms. The minimum absolute atomic E-state index is 0.00497. The van der Waals surface area contributed by atoms with Crippen LogP contribution in [-0.2, 0) is 20.0 Å². The molecule has 1 aromatic carbocycles. The number of nitrogens with two attached hydrogens (primary N) is 2. The van der Waals surface area contributed by atoms with E-state index in [4.69, 9.17) is 10.9 Å². The maximum Gasteiger partial charge on any atom is 0.242 e. The van der Waals surface area contributed by atoms with Crippen LogP contribution in [0.25, 0.3) is 0 Å². The molecule has 0 spiro atoms. The van der Waals surface area contributed by atoms with Crippen molar-refractivity contribution in [3.05, 3.63) is 18.2 Å². The number of hydrogen-bond acceptors (Lipinski definition) is 6. The second-order valence-corrected chi connectivity index (χ2v) is 7.35. The van der Waals surface area contributed by atoms with Crippen molar-refractivity contribution in [2.24, 2.45) is 5.14 Å². The number of benzene rings is 1. The summed E-state index contributed by atoms with van der Waals surface area (Å²) in [6.07, 6.45) is 0. The molecule has 6 N–H and O–H groups in total. The maximum atomic E-state index is 11.8. The molecule has 0 aliphatic carbocycles. The number of primary sulfonamides is 1. The van der Waals surface area contributed by atoms with E-state index in [-0.39, 0.29) is 28.6 Å². The molecule has 0 unspecified atom stereocenters. The van der Waals surface area contributed by atoms with Gasteiger partial charge in [-0.2, -0.15) is 0 Å². The zero-order valence-electron chi connectivity index (χ0n) is 10.3. The predicted molar refractivity (Wildman–Crippen MR) is 73.6 cm³/mol. The van der Waals surface area contributed by atoms with E-state index in [1.54, 1.807) is 0 Å². The van der Waals surface area contributed by atoms with Gasteiger partial charge in [0.05, 0.1) is 11.4 Å². The van der Waals surface area contributed by atoms with Crippen LogP contribution in [0.5, 0.6) is 0 Å². The van der Waals surface area contributed by atoms with Gasteiger partial charge < -0.3 is 11.1 Å². The van der Waals surface area contributed by atoms with Gasteiger partial charge in [-0.3, -0.25) is 0 Å². The van der Waals surface area contributed by atoms with Gasteiger partial charge in [0, 0.05) is 12.2 Å². The number of nitrogen functional groups attached to an aromatic ring is 1. The van der Waals surface area contributed by atoms with Crippen LogP contribution in [0.3, 0.4) is 0 Å². The van der Waals surface area contributed by atoms with Gasteiger partial charge in [0.25, 0.3) is 0 Å². The van der Waals surface area contributed by atoms with E-state index in [1.807, 2.05) is 0 Å². The first-order chi connectivity index (χ1) is 8.65. The lowest BCUT2D eigenvalue weighted by molar-refractivity contribution is 0.588. The van der Waals surface area contributed by atoms with E-state index in [9.17, 15) is 16.8 Å². The second kappa shape index (κ2) is 5.74.